The highest BCUT2D eigenvalue weighted by Crippen LogP contribution is 2.17. The lowest BCUT2D eigenvalue weighted by atomic mass is 10.0. The fourth-order valence-corrected chi connectivity index (χ4v) is 7.11. The fraction of sp³-hybridized carbons (Fsp3) is 0.938. The van der Waals surface area contributed by atoms with Gasteiger partial charge in [0.2, 0.25) is 0 Å². The van der Waals surface area contributed by atoms with Crippen molar-refractivity contribution < 1.29 is 28.6 Å². The minimum atomic E-state index is -0.760. The summed E-state index contributed by atoms with van der Waals surface area (Å²) < 4.78 is 16.7. The molecule has 0 saturated carbocycles. The Morgan fingerprint density at radius 3 is 0.907 bits per heavy atom. The summed E-state index contributed by atoms with van der Waals surface area (Å²) in [6.45, 7) is 11.3. The minimum absolute atomic E-state index is 0.0647. The average Bonchev–Trinajstić information content (AvgIpc) is 3.14. The number of carbonyl (C=O) groups excluding carboxylic acids is 3. The van der Waals surface area contributed by atoms with Crippen molar-refractivity contribution in [1.82, 2.24) is 0 Å². The summed E-state index contributed by atoms with van der Waals surface area (Å²) in [5.41, 5.74) is 0. The molecule has 0 aromatic carbocycles. The molecule has 0 aromatic heterocycles. The van der Waals surface area contributed by atoms with Gasteiger partial charge in [-0.3, -0.25) is 14.4 Å². The molecule has 0 bridgehead atoms. The molecule has 0 aromatic rings. The van der Waals surface area contributed by atoms with Crippen LogP contribution in [0.25, 0.3) is 0 Å². The van der Waals surface area contributed by atoms with Crippen molar-refractivity contribution in [3.8, 4) is 0 Å². The highest BCUT2D eigenvalue weighted by Gasteiger charge is 2.19. The Balaban J connectivity index is 4.33. The van der Waals surface area contributed by atoms with E-state index in [4.69, 9.17) is 14.2 Å². The summed E-state index contributed by atoms with van der Waals surface area (Å²) >= 11 is 0. The molecule has 0 saturated heterocycles. The first-order valence-electron chi connectivity index (χ1n) is 23.7. The maximum atomic E-state index is 12.7. The second kappa shape index (κ2) is 41.1. The van der Waals surface area contributed by atoms with Gasteiger partial charge in [0.05, 0.1) is 0 Å². The van der Waals surface area contributed by atoms with Crippen LogP contribution < -0.4 is 0 Å². The van der Waals surface area contributed by atoms with Crippen LogP contribution in [0.3, 0.4) is 0 Å². The Morgan fingerprint density at radius 1 is 0.352 bits per heavy atom. The summed E-state index contributed by atoms with van der Waals surface area (Å²) in [5, 5.41) is 0. The van der Waals surface area contributed by atoms with Gasteiger partial charge in [-0.1, -0.05) is 221 Å². The van der Waals surface area contributed by atoms with Gasteiger partial charge in [-0.15, -0.1) is 0 Å². The molecular weight excluding hydrogens is 673 g/mol. The second-order valence-electron chi connectivity index (χ2n) is 17.3. The van der Waals surface area contributed by atoms with Crippen molar-refractivity contribution in [3.05, 3.63) is 0 Å². The van der Waals surface area contributed by atoms with Crippen molar-refractivity contribution in [3.63, 3.8) is 0 Å². The number of esters is 3. The Bertz CT molecular complexity index is 824. The fourth-order valence-electron chi connectivity index (χ4n) is 7.11. The lowest BCUT2D eigenvalue weighted by Gasteiger charge is -2.18. The molecule has 0 aliphatic heterocycles. The molecule has 1 atom stereocenters. The molecule has 0 N–H and O–H groups in total. The van der Waals surface area contributed by atoms with Crippen LogP contribution in [-0.2, 0) is 28.6 Å². The summed E-state index contributed by atoms with van der Waals surface area (Å²) in [6.07, 6.45) is 39.4. The highest BCUT2D eigenvalue weighted by molar-refractivity contribution is 5.71. The SMILES string of the molecule is CCCCCCCCCCCCCC(=O)OC[C@H](COC(=O)CCCCCCCCCCCCC(C)C)OC(=O)CCCCCCCCCCCC(C)C. The van der Waals surface area contributed by atoms with Crippen LogP contribution in [0.4, 0.5) is 0 Å². The van der Waals surface area contributed by atoms with Crippen molar-refractivity contribution in [2.24, 2.45) is 11.8 Å². The van der Waals surface area contributed by atoms with Gasteiger partial charge in [0.1, 0.15) is 13.2 Å². The molecule has 0 fully saturated rings. The molecule has 0 aliphatic rings. The predicted molar refractivity (Wildman–Crippen MR) is 229 cm³/mol. The molecule has 0 spiro atoms. The molecular formula is C48H92O6. The second-order valence-corrected chi connectivity index (χ2v) is 17.3. The van der Waals surface area contributed by atoms with Crippen LogP contribution in [0.2, 0.25) is 0 Å². The van der Waals surface area contributed by atoms with Crippen molar-refractivity contribution in [2.45, 2.75) is 265 Å². The lowest BCUT2D eigenvalue weighted by Crippen LogP contribution is -2.30. The molecule has 0 amide bonds. The third-order valence-corrected chi connectivity index (χ3v) is 10.7. The first-order chi connectivity index (χ1) is 26.2. The summed E-state index contributed by atoms with van der Waals surface area (Å²) in [4.78, 5) is 37.8. The molecule has 0 rings (SSSR count). The summed E-state index contributed by atoms with van der Waals surface area (Å²) in [7, 11) is 0. The van der Waals surface area contributed by atoms with Crippen LogP contribution in [0.15, 0.2) is 0 Å². The lowest BCUT2D eigenvalue weighted by molar-refractivity contribution is -0.167. The monoisotopic (exact) mass is 765 g/mol. The minimum Gasteiger partial charge on any atom is -0.462 e. The van der Waals surface area contributed by atoms with E-state index in [1.807, 2.05) is 0 Å². The largest absolute Gasteiger partial charge is 0.462 e. The first-order valence-corrected chi connectivity index (χ1v) is 23.7. The number of rotatable bonds is 42. The van der Waals surface area contributed by atoms with Gasteiger partial charge in [-0.05, 0) is 31.1 Å². The van der Waals surface area contributed by atoms with Gasteiger partial charge in [-0.25, -0.2) is 0 Å². The van der Waals surface area contributed by atoms with E-state index in [1.165, 1.54) is 148 Å². The molecule has 0 radical (unpaired) electrons. The molecule has 54 heavy (non-hydrogen) atoms. The molecule has 0 unspecified atom stereocenters. The van der Waals surface area contributed by atoms with E-state index in [0.717, 1.165) is 69.6 Å². The third-order valence-electron chi connectivity index (χ3n) is 10.7. The van der Waals surface area contributed by atoms with Crippen LogP contribution in [0.1, 0.15) is 259 Å². The smallest absolute Gasteiger partial charge is 0.306 e. The summed E-state index contributed by atoms with van der Waals surface area (Å²) in [6, 6.07) is 0. The van der Waals surface area contributed by atoms with E-state index < -0.39 is 6.10 Å². The van der Waals surface area contributed by atoms with Crippen molar-refractivity contribution in [2.75, 3.05) is 13.2 Å². The quantitative estimate of drug-likeness (QED) is 0.0350. The predicted octanol–water partition coefficient (Wildman–Crippen LogP) is 15.0. The highest BCUT2D eigenvalue weighted by atomic mass is 16.6. The van der Waals surface area contributed by atoms with E-state index in [0.29, 0.717) is 19.3 Å². The number of carbonyl (C=O) groups is 3. The Kier molecular flexibility index (Phi) is 39.8. The van der Waals surface area contributed by atoms with Gasteiger partial charge in [-0.2, -0.15) is 0 Å². The zero-order valence-electron chi connectivity index (χ0n) is 36.8. The summed E-state index contributed by atoms with van der Waals surface area (Å²) in [5.74, 6) is 0.768. The van der Waals surface area contributed by atoms with Crippen LogP contribution >= 0.6 is 0 Å². The molecule has 0 heterocycles. The van der Waals surface area contributed by atoms with Crippen molar-refractivity contribution >= 4 is 17.9 Å². The molecule has 320 valence electrons. The Hall–Kier alpha value is -1.59. The van der Waals surface area contributed by atoms with E-state index in [2.05, 4.69) is 34.6 Å². The van der Waals surface area contributed by atoms with Crippen LogP contribution in [0.5, 0.6) is 0 Å². The molecule has 6 heteroatoms. The number of ether oxygens (including phenoxy) is 3. The zero-order chi connectivity index (χ0) is 39.7. The van der Waals surface area contributed by atoms with Gasteiger partial charge < -0.3 is 14.2 Å². The topological polar surface area (TPSA) is 78.9 Å². The van der Waals surface area contributed by atoms with E-state index in [1.54, 1.807) is 0 Å². The van der Waals surface area contributed by atoms with Gasteiger partial charge in [0.25, 0.3) is 0 Å². The molecule has 0 aliphatic carbocycles. The average molecular weight is 765 g/mol. The van der Waals surface area contributed by atoms with Gasteiger partial charge in [0.15, 0.2) is 6.10 Å². The first kappa shape index (κ1) is 52.4. The number of unbranched alkanes of at least 4 members (excludes halogenated alkanes) is 27. The Morgan fingerprint density at radius 2 is 0.611 bits per heavy atom. The van der Waals surface area contributed by atoms with E-state index >= 15 is 0 Å². The third kappa shape index (κ3) is 41.6. The maximum absolute atomic E-state index is 12.7. The van der Waals surface area contributed by atoms with Crippen molar-refractivity contribution in [1.29, 1.82) is 0 Å². The van der Waals surface area contributed by atoms with Gasteiger partial charge >= 0.3 is 17.9 Å². The van der Waals surface area contributed by atoms with E-state index in [-0.39, 0.29) is 31.1 Å². The standard InChI is InChI=1S/C48H92O6/c1-6-7-8-9-10-11-12-18-23-28-33-38-46(49)52-41-45(54-48(51)40-35-30-25-20-15-17-22-27-32-37-44(4)5)42-53-47(50)39-34-29-24-19-14-13-16-21-26-31-36-43(2)3/h43-45H,6-42H2,1-5H3/t45-/m1/s1. The zero-order valence-corrected chi connectivity index (χ0v) is 36.8. The van der Waals surface area contributed by atoms with Crippen LogP contribution in [-0.4, -0.2) is 37.2 Å². The van der Waals surface area contributed by atoms with E-state index in [9.17, 15) is 14.4 Å². The Labute approximate surface area is 336 Å². The normalized spacial score (nSPS) is 12.1. The molecule has 6 nitrogen and oxygen atoms in total. The van der Waals surface area contributed by atoms with Crippen LogP contribution in [0, 0.1) is 11.8 Å². The van der Waals surface area contributed by atoms with Gasteiger partial charge in [0, 0.05) is 19.3 Å². The maximum Gasteiger partial charge on any atom is 0.306 e. The number of hydrogen-bond acceptors (Lipinski definition) is 6. The number of hydrogen-bond donors (Lipinski definition) is 0.